The maximum Gasteiger partial charge on any atom is 0.324 e. The smallest absolute Gasteiger partial charge is 0.317 e. The summed E-state index contributed by atoms with van der Waals surface area (Å²) in [6, 6.07) is 21.5. The third-order valence-corrected chi connectivity index (χ3v) is 10.0. The van der Waals surface area contributed by atoms with Crippen molar-refractivity contribution in [3.63, 3.8) is 0 Å². The fraction of sp³-hybridized carbons (Fsp3) is 0.333. The second-order valence-corrected chi connectivity index (χ2v) is 14.1. The summed E-state index contributed by atoms with van der Waals surface area (Å²) in [5.74, 6) is -0.485. The number of hydrogen-bond acceptors (Lipinski definition) is 5. The van der Waals surface area contributed by atoms with E-state index < -0.39 is 26.9 Å². The minimum Gasteiger partial charge on any atom is -0.317 e. The first kappa shape index (κ1) is 30.4. The summed E-state index contributed by atoms with van der Waals surface area (Å²) in [6.07, 6.45) is 1.27. The zero-order chi connectivity index (χ0) is 30.8. The van der Waals surface area contributed by atoms with Crippen molar-refractivity contribution in [1.82, 2.24) is 15.1 Å². The van der Waals surface area contributed by atoms with Crippen molar-refractivity contribution in [3.8, 4) is 5.69 Å². The van der Waals surface area contributed by atoms with Gasteiger partial charge in [0.05, 0.1) is 16.6 Å². The molecule has 2 heterocycles. The van der Waals surface area contributed by atoms with Gasteiger partial charge < -0.3 is 10.6 Å². The largest absolute Gasteiger partial charge is 0.324 e. The van der Waals surface area contributed by atoms with Crippen LogP contribution in [0.25, 0.3) is 5.69 Å². The molecule has 43 heavy (non-hydrogen) atoms. The summed E-state index contributed by atoms with van der Waals surface area (Å²) in [4.78, 5) is 13.0. The highest BCUT2D eigenvalue weighted by Crippen LogP contribution is 2.40. The maximum absolute atomic E-state index is 14.8. The molecular weight excluding hydrogens is 565 g/mol. The molecule has 226 valence electrons. The predicted molar refractivity (Wildman–Crippen MR) is 168 cm³/mol. The Bertz CT molecular complexity index is 1710. The topological polar surface area (TPSA) is 105 Å². The van der Waals surface area contributed by atoms with E-state index in [0.29, 0.717) is 43.0 Å². The van der Waals surface area contributed by atoms with Crippen LogP contribution >= 0.6 is 0 Å². The van der Waals surface area contributed by atoms with Crippen LogP contribution in [-0.4, -0.2) is 37.3 Å². The minimum absolute atomic E-state index is 0.213. The van der Waals surface area contributed by atoms with Gasteiger partial charge in [-0.1, -0.05) is 62.7 Å². The molecular formula is C33H38FN5O3S. The summed E-state index contributed by atoms with van der Waals surface area (Å²) in [7, 11) is -4.07. The molecule has 1 aliphatic rings. The number of sulfone groups is 1. The molecule has 2 amide bonds. The van der Waals surface area contributed by atoms with Crippen LogP contribution in [0.5, 0.6) is 0 Å². The van der Waals surface area contributed by atoms with E-state index in [1.165, 1.54) is 24.3 Å². The normalized spacial score (nSPS) is 15.2. The van der Waals surface area contributed by atoms with Crippen LogP contribution in [0.15, 0.2) is 83.8 Å². The number of rotatable bonds is 7. The molecule has 1 fully saturated rings. The highest BCUT2D eigenvalue weighted by atomic mass is 32.2. The molecule has 3 N–H and O–H groups in total. The summed E-state index contributed by atoms with van der Waals surface area (Å²) in [6.45, 7) is 9.53. The number of hydrogen-bond donors (Lipinski definition) is 3. The first-order chi connectivity index (χ1) is 20.4. The monoisotopic (exact) mass is 603 g/mol. The fourth-order valence-electron chi connectivity index (χ4n) is 5.46. The first-order valence-corrected chi connectivity index (χ1v) is 16.0. The molecule has 0 radical (unpaired) electrons. The molecule has 1 unspecified atom stereocenters. The van der Waals surface area contributed by atoms with E-state index in [-0.39, 0.29) is 16.2 Å². The van der Waals surface area contributed by atoms with Crippen molar-refractivity contribution in [2.75, 3.05) is 23.7 Å². The van der Waals surface area contributed by atoms with Gasteiger partial charge in [-0.25, -0.2) is 22.3 Å². The quantitative estimate of drug-likeness (QED) is 0.216. The summed E-state index contributed by atoms with van der Waals surface area (Å²) < 4.78 is 44.3. The van der Waals surface area contributed by atoms with Gasteiger partial charge in [-0.15, -0.1) is 0 Å². The van der Waals surface area contributed by atoms with E-state index in [2.05, 4.69) is 36.7 Å². The molecule has 0 spiro atoms. The van der Waals surface area contributed by atoms with Crippen molar-refractivity contribution in [2.45, 2.75) is 56.1 Å². The van der Waals surface area contributed by atoms with Gasteiger partial charge in [0.2, 0.25) is 0 Å². The van der Waals surface area contributed by atoms with Crippen molar-refractivity contribution < 1.29 is 17.6 Å². The van der Waals surface area contributed by atoms with Crippen LogP contribution in [0.3, 0.4) is 0 Å². The number of benzene rings is 3. The number of nitrogens with zero attached hydrogens (tertiary/aromatic N) is 2. The molecule has 1 aromatic heterocycles. The molecule has 0 saturated carbocycles. The average molecular weight is 604 g/mol. The number of carbonyl (C=O) groups is 1. The summed E-state index contributed by atoms with van der Waals surface area (Å²) in [5.41, 5.74) is 3.42. The maximum atomic E-state index is 14.8. The lowest BCUT2D eigenvalue weighted by atomic mass is 9.90. The Morgan fingerprint density at radius 3 is 2.35 bits per heavy atom. The molecule has 0 bridgehead atoms. The van der Waals surface area contributed by atoms with Gasteiger partial charge in [-0.2, -0.15) is 5.10 Å². The van der Waals surface area contributed by atoms with Crippen molar-refractivity contribution in [1.29, 1.82) is 0 Å². The number of urea groups is 1. The SMILES string of the molecule is Cc1ccc(-n2nc(C(C)(C)C)cc2NC(=O)Nc2cccc(C(C3CCNCC3)S(=O)(=O)c3ccccc3F)c2)cc1. The number of amides is 2. The predicted octanol–water partition coefficient (Wildman–Crippen LogP) is 6.78. The summed E-state index contributed by atoms with van der Waals surface area (Å²) in [5, 5.41) is 12.8. The van der Waals surface area contributed by atoms with Crippen molar-refractivity contribution >= 4 is 27.4 Å². The lowest BCUT2D eigenvalue weighted by molar-refractivity contribution is 0.262. The van der Waals surface area contributed by atoms with E-state index in [1.807, 2.05) is 37.3 Å². The number of anilines is 2. The third-order valence-electron chi connectivity index (χ3n) is 7.76. The number of aryl methyl sites for hydroxylation is 1. The molecule has 0 aliphatic carbocycles. The van der Waals surface area contributed by atoms with Crippen LogP contribution in [0, 0.1) is 18.7 Å². The van der Waals surface area contributed by atoms with Crippen molar-refractivity contribution in [2.24, 2.45) is 5.92 Å². The average Bonchev–Trinajstić information content (AvgIpc) is 3.38. The van der Waals surface area contributed by atoms with Gasteiger partial charge in [0.15, 0.2) is 9.84 Å². The van der Waals surface area contributed by atoms with Gasteiger partial charge in [0.1, 0.15) is 16.5 Å². The number of halogens is 1. The number of aromatic nitrogens is 2. The lowest BCUT2D eigenvalue weighted by Gasteiger charge is -2.31. The highest BCUT2D eigenvalue weighted by molar-refractivity contribution is 7.91. The molecule has 8 nitrogen and oxygen atoms in total. The Balaban J connectivity index is 1.44. The third kappa shape index (κ3) is 6.81. The molecule has 10 heteroatoms. The number of carbonyl (C=O) groups excluding carboxylic acids is 1. The van der Waals surface area contributed by atoms with Gasteiger partial charge in [0.25, 0.3) is 0 Å². The first-order valence-electron chi connectivity index (χ1n) is 14.5. The molecule has 5 rings (SSSR count). The standard InChI is InChI=1S/C33H38FN5O3S/c1-22-12-14-26(15-13-22)39-30(21-29(38-39)33(2,3)4)37-32(40)36-25-9-7-8-24(20-25)31(23-16-18-35-19-17-23)43(41,42)28-11-6-5-10-27(28)34/h5-15,20-21,23,31,35H,16-19H2,1-4H3,(H2,36,37,40). The van der Waals surface area contributed by atoms with Crippen LogP contribution in [-0.2, 0) is 15.3 Å². The Labute approximate surface area is 252 Å². The summed E-state index contributed by atoms with van der Waals surface area (Å²) >= 11 is 0. The number of nitrogens with one attached hydrogen (secondary N) is 3. The minimum atomic E-state index is -4.07. The van der Waals surface area contributed by atoms with E-state index in [4.69, 9.17) is 5.10 Å². The Morgan fingerprint density at radius 2 is 1.67 bits per heavy atom. The lowest BCUT2D eigenvalue weighted by Crippen LogP contribution is -2.34. The van der Waals surface area contributed by atoms with Gasteiger partial charge in [0, 0.05) is 17.2 Å². The zero-order valence-corrected chi connectivity index (χ0v) is 25.7. The fourth-order valence-corrected chi connectivity index (χ4v) is 7.62. The van der Waals surface area contributed by atoms with E-state index >= 15 is 0 Å². The van der Waals surface area contributed by atoms with Crippen LogP contribution in [0.2, 0.25) is 0 Å². The van der Waals surface area contributed by atoms with E-state index in [0.717, 1.165) is 16.9 Å². The number of piperidine rings is 1. The van der Waals surface area contributed by atoms with Gasteiger partial charge >= 0.3 is 6.03 Å². The molecule has 3 aromatic carbocycles. The Morgan fingerprint density at radius 1 is 0.977 bits per heavy atom. The highest BCUT2D eigenvalue weighted by Gasteiger charge is 2.38. The second kappa shape index (κ2) is 12.3. The van der Waals surface area contributed by atoms with Crippen molar-refractivity contribution in [3.05, 3.63) is 102 Å². The van der Waals surface area contributed by atoms with Crippen LogP contribution in [0.4, 0.5) is 20.7 Å². The van der Waals surface area contributed by atoms with E-state index in [9.17, 15) is 17.6 Å². The van der Waals surface area contributed by atoms with Crippen LogP contribution < -0.4 is 16.0 Å². The molecule has 1 saturated heterocycles. The van der Waals surface area contributed by atoms with Gasteiger partial charge in [-0.3, -0.25) is 5.32 Å². The van der Waals surface area contributed by atoms with E-state index in [1.54, 1.807) is 28.9 Å². The molecule has 4 aromatic rings. The molecule has 1 aliphatic heterocycles. The second-order valence-electron chi connectivity index (χ2n) is 12.1. The zero-order valence-electron chi connectivity index (χ0n) is 24.9. The molecule has 1 atom stereocenters. The Hall–Kier alpha value is -4.02. The Kier molecular flexibility index (Phi) is 8.71. The van der Waals surface area contributed by atoms with Gasteiger partial charge in [-0.05, 0) is 80.7 Å². The van der Waals surface area contributed by atoms with Crippen LogP contribution in [0.1, 0.15) is 55.7 Å².